The molecule has 0 aliphatic heterocycles. The van der Waals surface area contributed by atoms with Crippen molar-refractivity contribution in [2.24, 2.45) is 5.73 Å². The fourth-order valence-corrected chi connectivity index (χ4v) is 1.47. The monoisotopic (exact) mass is 224 g/mol. The van der Waals surface area contributed by atoms with E-state index in [1.165, 1.54) is 12.3 Å². The van der Waals surface area contributed by atoms with Gasteiger partial charge in [0.15, 0.2) is 17.4 Å². The molecule has 0 amide bonds. The van der Waals surface area contributed by atoms with Gasteiger partial charge in [0.1, 0.15) is 0 Å². The molecule has 0 spiro atoms. The van der Waals surface area contributed by atoms with Crippen molar-refractivity contribution < 1.29 is 13.3 Å². The molecule has 0 atom stereocenters. The summed E-state index contributed by atoms with van der Waals surface area (Å²) in [6.07, 6.45) is 2.11. The Balaban J connectivity index is 2.42. The summed E-state index contributed by atoms with van der Waals surface area (Å²) in [6, 6.07) is 3.58. The quantitative estimate of drug-likeness (QED) is 0.868. The van der Waals surface area contributed by atoms with E-state index in [1.54, 1.807) is 0 Å². The van der Waals surface area contributed by atoms with E-state index in [9.17, 15) is 8.78 Å². The van der Waals surface area contributed by atoms with Gasteiger partial charge in [0.25, 0.3) is 0 Å². The molecule has 16 heavy (non-hydrogen) atoms. The van der Waals surface area contributed by atoms with Crippen LogP contribution in [0.5, 0.6) is 0 Å². The third-order valence-corrected chi connectivity index (χ3v) is 2.24. The number of benzene rings is 1. The Morgan fingerprint density at radius 3 is 2.75 bits per heavy atom. The molecule has 2 aromatic rings. The molecule has 3 nitrogen and oxygen atoms in total. The fourth-order valence-electron chi connectivity index (χ4n) is 1.47. The van der Waals surface area contributed by atoms with Crippen molar-refractivity contribution in [2.45, 2.75) is 6.42 Å². The Labute approximate surface area is 90.9 Å². The SMILES string of the molecule is NCCc1cnoc1-c1ccc(F)c(F)c1. The number of nitrogens with zero attached hydrogens (tertiary/aromatic N) is 1. The Bertz CT molecular complexity index is 496. The standard InChI is InChI=1S/C11H10F2N2O/c12-9-2-1-7(5-10(9)13)11-8(3-4-14)6-15-16-11/h1-2,5-6H,3-4,14H2. The van der Waals surface area contributed by atoms with E-state index in [2.05, 4.69) is 5.16 Å². The zero-order valence-corrected chi connectivity index (χ0v) is 8.41. The second-order valence-electron chi connectivity index (χ2n) is 3.35. The Hall–Kier alpha value is -1.75. The fraction of sp³-hybridized carbons (Fsp3) is 0.182. The van der Waals surface area contributed by atoms with Crippen molar-refractivity contribution in [3.63, 3.8) is 0 Å². The van der Waals surface area contributed by atoms with Gasteiger partial charge in [-0.05, 0) is 31.2 Å². The van der Waals surface area contributed by atoms with Crippen LogP contribution < -0.4 is 5.73 Å². The van der Waals surface area contributed by atoms with Crippen LogP contribution in [0.2, 0.25) is 0 Å². The first kappa shape index (κ1) is 10.8. The molecule has 2 rings (SSSR count). The zero-order valence-electron chi connectivity index (χ0n) is 8.41. The summed E-state index contributed by atoms with van der Waals surface area (Å²) in [6.45, 7) is 0.442. The molecule has 1 heterocycles. The third-order valence-electron chi connectivity index (χ3n) is 2.24. The van der Waals surface area contributed by atoms with Crippen molar-refractivity contribution >= 4 is 0 Å². The summed E-state index contributed by atoms with van der Waals surface area (Å²) >= 11 is 0. The van der Waals surface area contributed by atoms with Crippen molar-refractivity contribution in [2.75, 3.05) is 6.54 Å². The van der Waals surface area contributed by atoms with E-state index >= 15 is 0 Å². The van der Waals surface area contributed by atoms with Gasteiger partial charge < -0.3 is 10.3 Å². The van der Waals surface area contributed by atoms with E-state index in [4.69, 9.17) is 10.3 Å². The lowest BCUT2D eigenvalue weighted by atomic mass is 10.1. The predicted octanol–water partition coefficient (Wildman–Crippen LogP) is 2.12. The largest absolute Gasteiger partial charge is 0.356 e. The summed E-state index contributed by atoms with van der Waals surface area (Å²) in [5.41, 5.74) is 6.66. The van der Waals surface area contributed by atoms with Gasteiger partial charge in [0, 0.05) is 11.1 Å². The average molecular weight is 224 g/mol. The highest BCUT2D eigenvalue weighted by Crippen LogP contribution is 2.25. The lowest BCUT2D eigenvalue weighted by Crippen LogP contribution is -2.02. The van der Waals surface area contributed by atoms with Crippen LogP contribution in [0, 0.1) is 11.6 Å². The van der Waals surface area contributed by atoms with Crippen LogP contribution in [0.4, 0.5) is 8.78 Å². The second-order valence-corrected chi connectivity index (χ2v) is 3.35. The van der Waals surface area contributed by atoms with Gasteiger partial charge in [-0.2, -0.15) is 0 Å². The summed E-state index contributed by atoms with van der Waals surface area (Å²) in [5, 5.41) is 3.62. The number of rotatable bonds is 3. The van der Waals surface area contributed by atoms with Gasteiger partial charge in [-0.15, -0.1) is 0 Å². The van der Waals surface area contributed by atoms with Crippen LogP contribution in [0.3, 0.4) is 0 Å². The first-order valence-electron chi connectivity index (χ1n) is 4.81. The van der Waals surface area contributed by atoms with Gasteiger partial charge in [0.2, 0.25) is 0 Å². The minimum Gasteiger partial charge on any atom is -0.356 e. The lowest BCUT2D eigenvalue weighted by molar-refractivity contribution is 0.431. The van der Waals surface area contributed by atoms with Gasteiger partial charge >= 0.3 is 0 Å². The summed E-state index contributed by atoms with van der Waals surface area (Å²) in [4.78, 5) is 0. The number of hydrogen-bond donors (Lipinski definition) is 1. The van der Waals surface area contributed by atoms with Crippen molar-refractivity contribution in [1.29, 1.82) is 0 Å². The molecule has 1 aromatic carbocycles. The first-order valence-corrected chi connectivity index (χ1v) is 4.81. The molecular weight excluding hydrogens is 214 g/mol. The zero-order chi connectivity index (χ0) is 11.5. The van der Waals surface area contributed by atoms with Crippen LogP contribution in [-0.4, -0.2) is 11.7 Å². The topological polar surface area (TPSA) is 52.0 Å². The Morgan fingerprint density at radius 1 is 1.25 bits per heavy atom. The molecule has 5 heteroatoms. The maximum atomic E-state index is 13.0. The average Bonchev–Trinajstić information content (AvgIpc) is 2.71. The van der Waals surface area contributed by atoms with Gasteiger partial charge in [-0.3, -0.25) is 0 Å². The first-order chi connectivity index (χ1) is 7.72. The summed E-state index contributed by atoms with van der Waals surface area (Å²) < 4.78 is 30.8. The van der Waals surface area contributed by atoms with Crippen LogP contribution >= 0.6 is 0 Å². The normalized spacial score (nSPS) is 10.7. The molecule has 0 aliphatic carbocycles. The number of hydrogen-bond acceptors (Lipinski definition) is 3. The van der Waals surface area contributed by atoms with E-state index < -0.39 is 11.6 Å². The summed E-state index contributed by atoms with van der Waals surface area (Å²) in [5.74, 6) is -1.36. The van der Waals surface area contributed by atoms with Crippen LogP contribution in [0.25, 0.3) is 11.3 Å². The van der Waals surface area contributed by atoms with Crippen molar-refractivity contribution in [3.8, 4) is 11.3 Å². The summed E-state index contributed by atoms with van der Waals surface area (Å²) in [7, 11) is 0. The van der Waals surface area contributed by atoms with E-state index in [0.717, 1.165) is 17.7 Å². The van der Waals surface area contributed by atoms with Gasteiger partial charge in [0.05, 0.1) is 6.20 Å². The van der Waals surface area contributed by atoms with E-state index in [1.807, 2.05) is 0 Å². The van der Waals surface area contributed by atoms with Crippen LogP contribution in [0.15, 0.2) is 28.9 Å². The molecule has 1 aromatic heterocycles. The predicted molar refractivity (Wildman–Crippen MR) is 54.6 cm³/mol. The molecule has 0 fully saturated rings. The smallest absolute Gasteiger partial charge is 0.170 e. The molecule has 0 bridgehead atoms. The molecule has 2 N–H and O–H groups in total. The molecular formula is C11H10F2N2O. The van der Waals surface area contributed by atoms with E-state index in [-0.39, 0.29) is 0 Å². The molecule has 0 aliphatic rings. The number of aromatic nitrogens is 1. The highest BCUT2D eigenvalue weighted by Gasteiger charge is 2.12. The minimum atomic E-state index is -0.910. The highest BCUT2D eigenvalue weighted by atomic mass is 19.2. The van der Waals surface area contributed by atoms with Crippen molar-refractivity contribution in [1.82, 2.24) is 5.16 Å². The molecule has 0 unspecified atom stereocenters. The third kappa shape index (κ3) is 1.94. The van der Waals surface area contributed by atoms with Gasteiger partial charge in [-0.25, -0.2) is 8.78 Å². The molecule has 0 saturated heterocycles. The van der Waals surface area contributed by atoms with Crippen LogP contribution in [0.1, 0.15) is 5.56 Å². The molecule has 0 saturated carbocycles. The number of halogens is 2. The lowest BCUT2D eigenvalue weighted by Gasteiger charge is -2.00. The molecule has 0 radical (unpaired) electrons. The number of nitrogens with two attached hydrogens (primary N) is 1. The Kier molecular flexibility index (Phi) is 2.96. The second kappa shape index (κ2) is 4.40. The van der Waals surface area contributed by atoms with Crippen molar-refractivity contribution in [3.05, 3.63) is 41.6 Å². The maximum Gasteiger partial charge on any atom is 0.170 e. The molecule has 84 valence electrons. The maximum absolute atomic E-state index is 13.0. The van der Waals surface area contributed by atoms with Gasteiger partial charge in [-0.1, -0.05) is 5.16 Å². The Morgan fingerprint density at radius 2 is 2.06 bits per heavy atom. The minimum absolute atomic E-state index is 0.435. The van der Waals surface area contributed by atoms with E-state index in [0.29, 0.717) is 24.3 Å². The van der Waals surface area contributed by atoms with Crippen LogP contribution in [-0.2, 0) is 6.42 Å². The highest BCUT2D eigenvalue weighted by molar-refractivity contribution is 5.60.